The number of rotatable bonds is 3. The maximum atomic E-state index is 5.73. The zero-order chi connectivity index (χ0) is 22.5. The lowest BCUT2D eigenvalue weighted by Crippen LogP contribution is -2.06. The maximum absolute atomic E-state index is 5.73. The van der Waals surface area contributed by atoms with Crippen LogP contribution in [-0.4, -0.2) is 19.5 Å². The third-order valence-electron chi connectivity index (χ3n) is 6.15. The minimum absolute atomic E-state index is 0.576. The molecular formula is C29H18N4O. The van der Waals surface area contributed by atoms with Crippen LogP contribution in [0.1, 0.15) is 0 Å². The van der Waals surface area contributed by atoms with E-state index in [4.69, 9.17) is 19.4 Å². The highest BCUT2D eigenvalue weighted by Crippen LogP contribution is 2.36. The standard InChI is InChI=1S/C29H18N4O/c1-3-9-19(10-4-1)27-30-28(20-11-5-2-6-12-20)32-29(31-27)33-24-14-8-7-13-21(24)22-15-16-25-23(26(22)33)17-18-34-25/h1-18H. The van der Waals surface area contributed by atoms with Gasteiger partial charge in [-0.15, -0.1) is 0 Å². The predicted octanol–water partition coefficient (Wildman–Crippen LogP) is 7.05. The smallest absolute Gasteiger partial charge is 0.238 e. The van der Waals surface area contributed by atoms with Crippen LogP contribution >= 0.6 is 0 Å². The number of hydrogen-bond donors (Lipinski definition) is 0. The van der Waals surface area contributed by atoms with Crippen molar-refractivity contribution >= 4 is 32.8 Å². The molecule has 0 spiro atoms. The highest BCUT2D eigenvalue weighted by atomic mass is 16.3. The van der Waals surface area contributed by atoms with E-state index in [1.165, 1.54) is 0 Å². The number of benzene rings is 4. The number of nitrogens with zero attached hydrogens (tertiary/aromatic N) is 4. The highest BCUT2D eigenvalue weighted by Gasteiger charge is 2.19. The largest absolute Gasteiger partial charge is 0.464 e. The van der Waals surface area contributed by atoms with Crippen LogP contribution in [0.15, 0.2) is 114 Å². The molecule has 0 aliphatic rings. The molecule has 3 heterocycles. The van der Waals surface area contributed by atoms with Gasteiger partial charge >= 0.3 is 0 Å². The van der Waals surface area contributed by atoms with Gasteiger partial charge in [0.05, 0.1) is 17.3 Å². The summed E-state index contributed by atoms with van der Waals surface area (Å²) in [5.74, 6) is 1.84. The SMILES string of the molecule is c1ccc(-c2nc(-c3ccccc3)nc(-n3c4ccccc4c4ccc5occc5c43)n2)cc1. The van der Waals surface area contributed by atoms with Crippen LogP contribution < -0.4 is 0 Å². The van der Waals surface area contributed by atoms with Crippen molar-refractivity contribution in [2.75, 3.05) is 0 Å². The molecule has 4 aromatic carbocycles. The van der Waals surface area contributed by atoms with Crippen LogP contribution in [0.25, 0.3) is 61.5 Å². The summed E-state index contributed by atoms with van der Waals surface area (Å²) in [6.07, 6.45) is 1.73. The molecule has 0 amide bonds. The number of para-hydroxylation sites is 1. The summed E-state index contributed by atoms with van der Waals surface area (Å²) in [7, 11) is 0. The van der Waals surface area contributed by atoms with Gasteiger partial charge in [0.15, 0.2) is 11.6 Å². The Morgan fingerprint density at radius 2 is 1.18 bits per heavy atom. The average molecular weight is 438 g/mol. The third-order valence-corrected chi connectivity index (χ3v) is 6.15. The van der Waals surface area contributed by atoms with Crippen LogP contribution in [-0.2, 0) is 0 Å². The number of aromatic nitrogens is 4. The quantitative estimate of drug-likeness (QED) is 0.297. The van der Waals surface area contributed by atoms with Gasteiger partial charge in [-0.2, -0.15) is 9.97 Å². The molecule has 0 aliphatic carbocycles. The molecule has 0 N–H and O–H groups in total. The average Bonchev–Trinajstić information content (AvgIpc) is 3.52. The van der Waals surface area contributed by atoms with Crippen LogP contribution in [0.2, 0.25) is 0 Å². The van der Waals surface area contributed by atoms with Gasteiger partial charge in [0.25, 0.3) is 0 Å². The summed E-state index contributed by atoms with van der Waals surface area (Å²) >= 11 is 0. The lowest BCUT2D eigenvalue weighted by molar-refractivity contribution is 0.616. The number of hydrogen-bond acceptors (Lipinski definition) is 4. The molecule has 5 heteroatoms. The summed E-state index contributed by atoms with van der Waals surface area (Å²) in [5, 5.41) is 3.30. The van der Waals surface area contributed by atoms with E-state index in [-0.39, 0.29) is 0 Å². The first-order valence-electron chi connectivity index (χ1n) is 11.1. The molecule has 34 heavy (non-hydrogen) atoms. The van der Waals surface area contributed by atoms with Crippen molar-refractivity contribution in [1.29, 1.82) is 0 Å². The maximum Gasteiger partial charge on any atom is 0.238 e. The summed E-state index contributed by atoms with van der Waals surface area (Å²) < 4.78 is 7.86. The summed E-state index contributed by atoms with van der Waals surface area (Å²) in [5.41, 5.74) is 4.78. The molecule has 0 saturated heterocycles. The van der Waals surface area contributed by atoms with Gasteiger partial charge in [0.1, 0.15) is 5.58 Å². The number of furan rings is 1. The van der Waals surface area contributed by atoms with E-state index in [1.54, 1.807) is 6.26 Å². The van der Waals surface area contributed by atoms with Crippen LogP contribution in [0, 0.1) is 0 Å². The van der Waals surface area contributed by atoms with Crippen molar-refractivity contribution in [1.82, 2.24) is 19.5 Å². The Morgan fingerprint density at radius 3 is 1.88 bits per heavy atom. The van der Waals surface area contributed by atoms with Crippen molar-refractivity contribution < 1.29 is 4.42 Å². The topological polar surface area (TPSA) is 56.7 Å². The van der Waals surface area contributed by atoms with Crippen molar-refractivity contribution in [3.8, 4) is 28.7 Å². The molecule has 0 radical (unpaired) electrons. The van der Waals surface area contributed by atoms with Gasteiger partial charge in [-0.3, -0.25) is 4.57 Å². The summed E-state index contributed by atoms with van der Waals surface area (Å²) in [4.78, 5) is 14.8. The van der Waals surface area contributed by atoms with Crippen molar-refractivity contribution in [2.45, 2.75) is 0 Å². The number of fused-ring (bicyclic) bond motifs is 5. The van der Waals surface area contributed by atoms with Crippen LogP contribution in [0.4, 0.5) is 0 Å². The van der Waals surface area contributed by atoms with Crippen LogP contribution in [0.5, 0.6) is 0 Å². The molecular weight excluding hydrogens is 420 g/mol. The van der Waals surface area contributed by atoms with Crippen molar-refractivity contribution in [3.05, 3.63) is 109 Å². The minimum atomic E-state index is 0.576. The van der Waals surface area contributed by atoms with E-state index in [1.807, 2.05) is 78.9 Å². The minimum Gasteiger partial charge on any atom is -0.464 e. The Labute approximate surface area is 195 Å². The van der Waals surface area contributed by atoms with Gasteiger partial charge < -0.3 is 4.42 Å². The molecule has 0 saturated carbocycles. The lowest BCUT2D eigenvalue weighted by Gasteiger charge is -2.11. The fourth-order valence-corrected chi connectivity index (χ4v) is 4.61. The fraction of sp³-hybridized carbons (Fsp3) is 0. The zero-order valence-corrected chi connectivity index (χ0v) is 18.1. The van der Waals surface area contributed by atoms with E-state index in [2.05, 4.69) is 28.8 Å². The first kappa shape index (κ1) is 18.8. The summed E-state index contributed by atoms with van der Waals surface area (Å²) in [6, 6.07) is 34.5. The van der Waals surface area contributed by atoms with E-state index >= 15 is 0 Å². The molecule has 0 aliphatic heterocycles. The second-order valence-corrected chi connectivity index (χ2v) is 8.16. The Balaban J connectivity index is 1.62. The Morgan fingerprint density at radius 1 is 0.529 bits per heavy atom. The van der Waals surface area contributed by atoms with Gasteiger partial charge in [0, 0.05) is 27.3 Å². The molecule has 160 valence electrons. The first-order chi connectivity index (χ1) is 16.9. The molecule has 0 fully saturated rings. The van der Waals surface area contributed by atoms with Gasteiger partial charge in [-0.05, 0) is 24.3 Å². The van der Waals surface area contributed by atoms with E-state index in [9.17, 15) is 0 Å². The molecule has 7 rings (SSSR count). The highest BCUT2D eigenvalue weighted by molar-refractivity contribution is 6.17. The van der Waals surface area contributed by atoms with Crippen molar-refractivity contribution in [2.24, 2.45) is 0 Å². The molecule has 7 aromatic rings. The normalized spacial score (nSPS) is 11.5. The molecule has 5 nitrogen and oxygen atoms in total. The van der Waals surface area contributed by atoms with Gasteiger partial charge in [0.2, 0.25) is 5.95 Å². The third kappa shape index (κ3) is 2.84. The van der Waals surface area contributed by atoms with E-state index in [0.717, 1.165) is 43.9 Å². The molecule has 0 bridgehead atoms. The lowest BCUT2D eigenvalue weighted by atomic mass is 10.1. The van der Waals surface area contributed by atoms with Crippen LogP contribution in [0.3, 0.4) is 0 Å². The second-order valence-electron chi connectivity index (χ2n) is 8.16. The van der Waals surface area contributed by atoms with E-state index < -0.39 is 0 Å². The predicted molar refractivity (Wildman–Crippen MR) is 135 cm³/mol. The first-order valence-corrected chi connectivity index (χ1v) is 11.1. The second kappa shape index (κ2) is 7.39. The summed E-state index contributed by atoms with van der Waals surface area (Å²) in [6.45, 7) is 0. The van der Waals surface area contributed by atoms with Gasteiger partial charge in [-0.25, -0.2) is 4.98 Å². The Hall–Kier alpha value is -4.77. The Kier molecular flexibility index (Phi) is 4.08. The molecule has 3 aromatic heterocycles. The fourth-order valence-electron chi connectivity index (χ4n) is 4.61. The monoisotopic (exact) mass is 438 g/mol. The van der Waals surface area contributed by atoms with Gasteiger partial charge in [-0.1, -0.05) is 78.9 Å². The molecule has 0 atom stereocenters. The zero-order valence-electron chi connectivity index (χ0n) is 18.1. The molecule has 0 unspecified atom stereocenters. The Bertz CT molecular complexity index is 1740. The van der Waals surface area contributed by atoms with Crippen molar-refractivity contribution in [3.63, 3.8) is 0 Å². The van der Waals surface area contributed by atoms with E-state index in [0.29, 0.717) is 17.6 Å².